The van der Waals surface area contributed by atoms with Gasteiger partial charge in [0, 0.05) is 57.4 Å². The molecule has 5 nitrogen and oxygen atoms in total. The Morgan fingerprint density at radius 1 is 0.778 bits per heavy atom. The van der Waals surface area contributed by atoms with E-state index in [1.165, 1.54) is 17.0 Å². The SMILES string of the molecule is CC1(C)CN(CCN2CCN(C(=O)c3cc(C(F)(F)F)cc(C(F)(F)F)c3)[C@H](Cc3ccc(C(F)(F)F)cc3)C2)CCO1.Cl.Cl. The average molecular weight is 698 g/mol. The standard InChI is InChI=1S/C29H32F9N3O2.2ClH/c1-26(2)18-40(11-12-43-26)8-7-39-9-10-41(24(17-39)13-19-3-5-21(6-4-19)27(30,31)32)25(42)20-14-22(28(33,34)35)16-23(15-20)29(36,37)38;;/h3-6,14-16,24H,7-13,17-18H2,1-2H3;2*1H/t24-;;/m1../s1. The van der Waals surface area contributed by atoms with Crippen molar-refractivity contribution in [2.75, 3.05) is 52.4 Å². The third kappa shape index (κ3) is 10.4. The van der Waals surface area contributed by atoms with Gasteiger partial charge in [-0.2, -0.15) is 39.5 Å². The van der Waals surface area contributed by atoms with Crippen molar-refractivity contribution in [3.8, 4) is 0 Å². The summed E-state index contributed by atoms with van der Waals surface area (Å²) >= 11 is 0. The number of nitrogens with zero attached hydrogens (tertiary/aromatic N) is 3. The molecule has 2 aliphatic heterocycles. The molecule has 0 unspecified atom stereocenters. The van der Waals surface area contributed by atoms with Crippen LogP contribution >= 0.6 is 24.8 Å². The highest BCUT2D eigenvalue weighted by Gasteiger charge is 2.39. The van der Waals surface area contributed by atoms with Gasteiger partial charge in [0.25, 0.3) is 5.91 Å². The predicted octanol–water partition coefficient (Wildman–Crippen LogP) is 7.07. The highest BCUT2D eigenvalue weighted by atomic mass is 35.5. The van der Waals surface area contributed by atoms with E-state index < -0.39 is 52.7 Å². The van der Waals surface area contributed by atoms with Gasteiger partial charge in [-0.05, 0) is 56.2 Å². The van der Waals surface area contributed by atoms with Gasteiger partial charge in [-0.1, -0.05) is 12.1 Å². The van der Waals surface area contributed by atoms with Crippen LogP contribution in [0.1, 0.15) is 46.5 Å². The van der Waals surface area contributed by atoms with E-state index in [9.17, 15) is 44.3 Å². The largest absolute Gasteiger partial charge is 0.416 e. The normalized spacial score (nSPS) is 19.9. The highest BCUT2D eigenvalue weighted by Crippen LogP contribution is 2.37. The van der Waals surface area contributed by atoms with E-state index in [1.807, 2.05) is 18.7 Å². The van der Waals surface area contributed by atoms with Crippen LogP contribution in [-0.4, -0.2) is 84.7 Å². The van der Waals surface area contributed by atoms with Crippen LogP contribution in [0.2, 0.25) is 0 Å². The zero-order chi connectivity index (χ0) is 31.8. The second kappa shape index (κ2) is 14.7. The summed E-state index contributed by atoms with van der Waals surface area (Å²) in [6.07, 6.45) is -14.8. The van der Waals surface area contributed by atoms with Crippen LogP contribution in [0.5, 0.6) is 0 Å². The fourth-order valence-electron chi connectivity index (χ4n) is 5.50. The zero-order valence-electron chi connectivity index (χ0n) is 24.4. The molecule has 2 aromatic carbocycles. The summed E-state index contributed by atoms with van der Waals surface area (Å²) in [5.41, 5.74) is -4.72. The van der Waals surface area contributed by atoms with Gasteiger partial charge >= 0.3 is 18.5 Å². The van der Waals surface area contributed by atoms with Gasteiger partial charge in [-0.25, -0.2) is 0 Å². The molecule has 0 saturated carbocycles. The summed E-state index contributed by atoms with van der Waals surface area (Å²) in [6, 6.07) is 4.34. The molecule has 16 heteroatoms. The minimum Gasteiger partial charge on any atom is -0.373 e. The van der Waals surface area contributed by atoms with Gasteiger partial charge in [-0.3, -0.25) is 14.6 Å². The van der Waals surface area contributed by atoms with Gasteiger partial charge in [0.2, 0.25) is 0 Å². The minimum atomic E-state index is -5.12. The summed E-state index contributed by atoms with van der Waals surface area (Å²) in [4.78, 5) is 19.0. The molecule has 4 rings (SSSR count). The first-order valence-electron chi connectivity index (χ1n) is 13.7. The maximum atomic E-state index is 13.5. The van der Waals surface area contributed by atoms with Crippen LogP contribution in [-0.2, 0) is 29.7 Å². The third-order valence-electron chi connectivity index (χ3n) is 7.65. The maximum Gasteiger partial charge on any atom is 0.416 e. The van der Waals surface area contributed by atoms with Crippen molar-refractivity contribution >= 4 is 30.7 Å². The molecule has 1 atom stereocenters. The first kappa shape index (κ1) is 38.9. The monoisotopic (exact) mass is 697 g/mol. The van der Waals surface area contributed by atoms with E-state index in [4.69, 9.17) is 4.74 Å². The van der Waals surface area contributed by atoms with Crippen molar-refractivity contribution < 1.29 is 49.0 Å². The number of hydrogen-bond acceptors (Lipinski definition) is 4. The second-order valence-electron chi connectivity index (χ2n) is 11.5. The molecule has 2 fully saturated rings. The number of carbonyl (C=O) groups excluding carboxylic acids is 1. The Morgan fingerprint density at radius 3 is 1.82 bits per heavy atom. The summed E-state index contributed by atoms with van der Waals surface area (Å²) in [5, 5.41) is 0. The molecule has 0 aliphatic carbocycles. The van der Waals surface area contributed by atoms with Crippen LogP contribution < -0.4 is 0 Å². The number of ether oxygens (including phenoxy) is 1. The fourth-order valence-corrected chi connectivity index (χ4v) is 5.50. The molecular formula is C29H34Cl2F9N3O2. The molecule has 0 spiro atoms. The Morgan fingerprint density at radius 2 is 1.31 bits per heavy atom. The lowest BCUT2D eigenvalue weighted by Gasteiger charge is -2.43. The number of piperazine rings is 1. The van der Waals surface area contributed by atoms with Crippen molar-refractivity contribution in [2.45, 2.75) is 50.4 Å². The van der Waals surface area contributed by atoms with Gasteiger partial charge in [0.05, 0.1) is 28.9 Å². The molecule has 2 saturated heterocycles. The number of rotatable bonds is 6. The first-order valence-corrected chi connectivity index (χ1v) is 13.7. The molecule has 45 heavy (non-hydrogen) atoms. The number of benzene rings is 2. The Balaban J connectivity index is 0.00000353. The van der Waals surface area contributed by atoms with Crippen LogP contribution in [0.25, 0.3) is 0 Å². The van der Waals surface area contributed by atoms with E-state index in [0.717, 1.165) is 12.1 Å². The van der Waals surface area contributed by atoms with Crippen LogP contribution in [0, 0.1) is 0 Å². The molecule has 2 aliphatic rings. The third-order valence-corrected chi connectivity index (χ3v) is 7.65. The summed E-state index contributed by atoms with van der Waals surface area (Å²) in [6.45, 7) is 7.70. The van der Waals surface area contributed by atoms with Crippen molar-refractivity contribution in [2.24, 2.45) is 0 Å². The Labute approximate surface area is 267 Å². The van der Waals surface area contributed by atoms with E-state index >= 15 is 0 Å². The van der Waals surface area contributed by atoms with Gasteiger partial charge in [-0.15, -0.1) is 24.8 Å². The quantitative estimate of drug-likeness (QED) is 0.303. The minimum absolute atomic E-state index is 0. The van der Waals surface area contributed by atoms with Gasteiger partial charge < -0.3 is 9.64 Å². The molecule has 2 aromatic rings. The van der Waals surface area contributed by atoms with E-state index in [1.54, 1.807) is 0 Å². The lowest BCUT2D eigenvalue weighted by Crippen LogP contribution is -2.57. The topological polar surface area (TPSA) is 36.0 Å². The Hall–Kier alpha value is -2.26. The molecule has 254 valence electrons. The summed E-state index contributed by atoms with van der Waals surface area (Å²) in [5.74, 6) is -1.01. The van der Waals surface area contributed by atoms with E-state index in [0.29, 0.717) is 57.0 Å². The number of morpholine rings is 1. The lowest BCUT2D eigenvalue weighted by molar-refractivity contribution is -0.143. The zero-order valence-corrected chi connectivity index (χ0v) is 26.0. The number of amides is 1. The average Bonchev–Trinajstić information content (AvgIpc) is 2.90. The molecular weight excluding hydrogens is 664 g/mol. The summed E-state index contributed by atoms with van der Waals surface area (Å²) < 4.78 is 126. The van der Waals surface area contributed by atoms with Crippen molar-refractivity contribution in [1.82, 2.24) is 14.7 Å². The lowest BCUT2D eigenvalue weighted by atomic mass is 9.98. The fraction of sp³-hybridized carbons (Fsp3) is 0.552. The molecule has 2 heterocycles. The number of hydrogen-bond donors (Lipinski definition) is 0. The smallest absolute Gasteiger partial charge is 0.373 e. The van der Waals surface area contributed by atoms with Crippen molar-refractivity contribution in [3.05, 3.63) is 70.3 Å². The molecule has 0 bridgehead atoms. The predicted molar refractivity (Wildman–Crippen MR) is 154 cm³/mol. The molecule has 0 radical (unpaired) electrons. The number of carbonyl (C=O) groups is 1. The van der Waals surface area contributed by atoms with E-state index in [-0.39, 0.29) is 56.0 Å². The Bertz CT molecular complexity index is 1250. The van der Waals surface area contributed by atoms with E-state index in [2.05, 4.69) is 4.90 Å². The summed E-state index contributed by atoms with van der Waals surface area (Å²) in [7, 11) is 0. The van der Waals surface area contributed by atoms with Crippen LogP contribution in [0.4, 0.5) is 39.5 Å². The number of alkyl halides is 9. The molecule has 0 aromatic heterocycles. The number of halogens is 11. The van der Waals surface area contributed by atoms with Crippen LogP contribution in [0.3, 0.4) is 0 Å². The second-order valence-corrected chi connectivity index (χ2v) is 11.5. The van der Waals surface area contributed by atoms with Gasteiger partial charge in [0.15, 0.2) is 0 Å². The van der Waals surface area contributed by atoms with Crippen LogP contribution in [0.15, 0.2) is 42.5 Å². The Kier molecular flexibility index (Phi) is 12.7. The maximum absolute atomic E-state index is 13.5. The van der Waals surface area contributed by atoms with Crippen molar-refractivity contribution in [1.29, 1.82) is 0 Å². The first-order chi connectivity index (χ1) is 19.8. The molecule has 0 N–H and O–H groups in total. The van der Waals surface area contributed by atoms with Gasteiger partial charge in [0.1, 0.15) is 0 Å². The van der Waals surface area contributed by atoms with Crippen molar-refractivity contribution in [3.63, 3.8) is 0 Å². The highest BCUT2D eigenvalue weighted by molar-refractivity contribution is 5.95. The molecule has 1 amide bonds.